The molecule has 0 amide bonds. The third kappa shape index (κ3) is 1.74. The monoisotopic (exact) mass is 245 g/mol. The summed E-state index contributed by atoms with van der Waals surface area (Å²) in [6, 6.07) is 0. The molecule has 13 heavy (non-hydrogen) atoms. The molecule has 2 rings (SSSR count). The van der Waals surface area contributed by atoms with E-state index in [4.69, 9.17) is 14.9 Å². The molecule has 4 heteroatoms. The molecular formula is C9H12BrNO2. The molecule has 1 aromatic rings. The molecule has 1 fully saturated rings. The van der Waals surface area contributed by atoms with Crippen LogP contribution >= 0.6 is 15.9 Å². The van der Waals surface area contributed by atoms with Gasteiger partial charge in [0.25, 0.3) is 0 Å². The average molecular weight is 246 g/mol. The van der Waals surface area contributed by atoms with E-state index in [2.05, 4.69) is 15.9 Å². The van der Waals surface area contributed by atoms with Gasteiger partial charge in [0, 0.05) is 18.1 Å². The smallest absolute Gasteiger partial charge is 0.174 e. The van der Waals surface area contributed by atoms with Gasteiger partial charge in [0.2, 0.25) is 0 Å². The van der Waals surface area contributed by atoms with E-state index in [9.17, 15) is 0 Å². The number of nitrogen functional groups attached to an aromatic ring is 1. The van der Waals surface area contributed by atoms with E-state index in [0.717, 1.165) is 42.0 Å². The molecule has 1 unspecified atom stereocenters. The number of rotatable bonds is 1. The summed E-state index contributed by atoms with van der Waals surface area (Å²) >= 11 is 3.35. The Morgan fingerprint density at radius 3 is 2.92 bits per heavy atom. The van der Waals surface area contributed by atoms with Crippen LogP contribution in [0, 0.1) is 0 Å². The highest BCUT2D eigenvalue weighted by molar-refractivity contribution is 9.10. The van der Waals surface area contributed by atoms with Crippen molar-refractivity contribution in [1.82, 2.24) is 0 Å². The van der Waals surface area contributed by atoms with Gasteiger partial charge in [-0.1, -0.05) is 0 Å². The first kappa shape index (κ1) is 9.09. The van der Waals surface area contributed by atoms with Crippen LogP contribution in [-0.2, 0) is 4.74 Å². The fourth-order valence-electron chi connectivity index (χ4n) is 1.72. The van der Waals surface area contributed by atoms with Crippen LogP contribution in [0.1, 0.15) is 24.3 Å². The van der Waals surface area contributed by atoms with Gasteiger partial charge in [0.15, 0.2) is 4.67 Å². The van der Waals surface area contributed by atoms with Crippen molar-refractivity contribution in [3.8, 4) is 0 Å². The van der Waals surface area contributed by atoms with E-state index >= 15 is 0 Å². The Morgan fingerprint density at radius 2 is 2.38 bits per heavy atom. The van der Waals surface area contributed by atoms with Gasteiger partial charge < -0.3 is 14.9 Å². The first-order valence-corrected chi connectivity index (χ1v) is 5.18. The predicted molar refractivity (Wildman–Crippen MR) is 53.6 cm³/mol. The second-order valence-electron chi connectivity index (χ2n) is 3.29. The summed E-state index contributed by atoms with van der Waals surface area (Å²) in [6.45, 7) is 1.62. The van der Waals surface area contributed by atoms with Gasteiger partial charge in [-0.2, -0.15) is 0 Å². The van der Waals surface area contributed by atoms with E-state index < -0.39 is 0 Å². The number of nitrogens with two attached hydrogens (primary N) is 1. The summed E-state index contributed by atoms with van der Waals surface area (Å²) in [5, 5.41) is 0. The van der Waals surface area contributed by atoms with Crippen molar-refractivity contribution >= 4 is 21.6 Å². The zero-order chi connectivity index (χ0) is 9.26. The van der Waals surface area contributed by atoms with Crippen LogP contribution in [0.25, 0.3) is 0 Å². The van der Waals surface area contributed by atoms with Crippen molar-refractivity contribution < 1.29 is 9.15 Å². The lowest BCUT2D eigenvalue weighted by Crippen LogP contribution is -2.16. The molecule has 2 N–H and O–H groups in total. The molecule has 0 saturated carbocycles. The minimum Gasteiger partial charge on any atom is -0.455 e. The summed E-state index contributed by atoms with van der Waals surface area (Å²) in [4.78, 5) is 0. The fraction of sp³-hybridized carbons (Fsp3) is 0.556. The Balaban J connectivity index is 2.22. The van der Waals surface area contributed by atoms with E-state index in [1.54, 1.807) is 6.26 Å². The minimum absolute atomic E-state index is 0.391. The molecule has 1 aromatic heterocycles. The van der Waals surface area contributed by atoms with Crippen LogP contribution in [0.15, 0.2) is 15.3 Å². The Hall–Kier alpha value is -0.480. The lowest BCUT2D eigenvalue weighted by atomic mass is 9.95. The second-order valence-corrected chi connectivity index (χ2v) is 4.01. The number of anilines is 1. The van der Waals surface area contributed by atoms with Crippen molar-refractivity contribution in [3.63, 3.8) is 0 Å². The number of ether oxygens (including phenoxy) is 1. The van der Waals surface area contributed by atoms with Gasteiger partial charge in [0.1, 0.15) is 6.26 Å². The summed E-state index contributed by atoms with van der Waals surface area (Å²) in [6.07, 6.45) is 3.80. The maximum absolute atomic E-state index is 5.79. The largest absolute Gasteiger partial charge is 0.455 e. The van der Waals surface area contributed by atoms with Crippen molar-refractivity contribution in [2.45, 2.75) is 18.8 Å². The molecule has 0 aromatic carbocycles. The number of hydrogen-bond acceptors (Lipinski definition) is 3. The van der Waals surface area contributed by atoms with E-state index in [1.165, 1.54) is 0 Å². The zero-order valence-corrected chi connectivity index (χ0v) is 8.84. The van der Waals surface area contributed by atoms with Gasteiger partial charge in [-0.3, -0.25) is 0 Å². The normalized spacial score (nSPS) is 23.3. The first-order chi connectivity index (χ1) is 6.29. The Morgan fingerprint density at radius 1 is 1.54 bits per heavy atom. The molecule has 1 saturated heterocycles. The number of halogens is 1. The maximum atomic E-state index is 5.79. The molecule has 0 aliphatic carbocycles. The first-order valence-electron chi connectivity index (χ1n) is 4.39. The fourth-order valence-corrected chi connectivity index (χ4v) is 2.37. The summed E-state index contributed by atoms with van der Waals surface area (Å²) < 4.78 is 11.3. The maximum Gasteiger partial charge on any atom is 0.174 e. The molecule has 3 nitrogen and oxygen atoms in total. The third-order valence-corrected chi connectivity index (χ3v) is 2.99. The average Bonchev–Trinajstić information content (AvgIpc) is 2.48. The van der Waals surface area contributed by atoms with Crippen LogP contribution in [0.4, 0.5) is 5.69 Å². The van der Waals surface area contributed by atoms with Crippen LogP contribution < -0.4 is 5.73 Å². The second kappa shape index (κ2) is 3.72. The van der Waals surface area contributed by atoms with Crippen LogP contribution in [0.5, 0.6) is 0 Å². The quantitative estimate of drug-likeness (QED) is 0.828. The molecule has 0 bridgehead atoms. The topological polar surface area (TPSA) is 48.4 Å². The Labute approximate surface area is 85.4 Å². The predicted octanol–water partition coefficient (Wildman–Crippen LogP) is 2.52. The van der Waals surface area contributed by atoms with Gasteiger partial charge in [-0.15, -0.1) is 0 Å². The van der Waals surface area contributed by atoms with E-state index in [0.29, 0.717) is 5.92 Å². The molecular weight excluding hydrogens is 234 g/mol. The SMILES string of the molecule is Nc1coc(Br)c1C1CCCOC1. The molecule has 0 spiro atoms. The summed E-state index contributed by atoms with van der Waals surface area (Å²) in [7, 11) is 0. The zero-order valence-electron chi connectivity index (χ0n) is 7.25. The highest BCUT2D eigenvalue weighted by Gasteiger charge is 2.22. The van der Waals surface area contributed by atoms with Crippen LogP contribution in [0.3, 0.4) is 0 Å². The number of hydrogen-bond donors (Lipinski definition) is 1. The van der Waals surface area contributed by atoms with Crippen LogP contribution in [-0.4, -0.2) is 13.2 Å². The number of furan rings is 1. The lowest BCUT2D eigenvalue weighted by Gasteiger charge is -2.21. The molecule has 1 aliphatic heterocycles. The lowest BCUT2D eigenvalue weighted by molar-refractivity contribution is 0.0801. The standard InChI is InChI=1S/C9H12BrNO2/c10-9-8(7(11)5-13-9)6-2-1-3-12-4-6/h5-6H,1-4,11H2. The minimum atomic E-state index is 0.391. The summed E-state index contributed by atoms with van der Waals surface area (Å²) in [5.41, 5.74) is 7.59. The highest BCUT2D eigenvalue weighted by Crippen LogP contribution is 2.36. The molecule has 72 valence electrons. The van der Waals surface area contributed by atoms with Crippen molar-refractivity contribution in [2.24, 2.45) is 0 Å². The van der Waals surface area contributed by atoms with Crippen molar-refractivity contribution in [3.05, 3.63) is 16.5 Å². The van der Waals surface area contributed by atoms with Gasteiger partial charge >= 0.3 is 0 Å². The van der Waals surface area contributed by atoms with Gasteiger partial charge in [0.05, 0.1) is 12.3 Å². The van der Waals surface area contributed by atoms with Crippen LogP contribution in [0.2, 0.25) is 0 Å². The molecule has 1 atom stereocenters. The third-order valence-electron chi connectivity index (χ3n) is 2.38. The van der Waals surface area contributed by atoms with Crippen molar-refractivity contribution in [2.75, 3.05) is 18.9 Å². The van der Waals surface area contributed by atoms with Gasteiger partial charge in [-0.05, 0) is 28.8 Å². The highest BCUT2D eigenvalue weighted by atomic mass is 79.9. The Kier molecular flexibility index (Phi) is 2.60. The molecule has 0 radical (unpaired) electrons. The Bertz CT molecular complexity index is 272. The van der Waals surface area contributed by atoms with Crippen molar-refractivity contribution in [1.29, 1.82) is 0 Å². The molecule has 1 aliphatic rings. The van der Waals surface area contributed by atoms with E-state index in [1.807, 2.05) is 0 Å². The summed E-state index contributed by atoms with van der Waals surface area (Å²) in [5.74, 6) is 0.391. The van der Waals surface area contributed by atoms with Gasteiger partial charge in [-0.25, -0.2) is 0 Å². The van der Waals surface area contributed by atoms with E-state index in [-0.39, 0.29) is 0 Å². The molecule has 2 heterocycles.